The lowest BCUT2D eigenvalue weighted by atomic mass is 9.61. The molecule has 5 atom stereocenters. The molecule has 0 aliphatic heterocycles. The normalized spacial score (nSPS) is 23.0. The van der Waals surface area contributed by atoms with E-state index in [1.807, 2.05) is 25.1 Å². The number of benzene rings is 2. The van der Waals surface area contributed by atoms with Gasteiger partial charge in [-0.25, -0.2) is 0 Å². The van der Waals surface area contributed by atoms with Crippen molar-refractivity contribution in [3.8, 4) is 27.3 Å². The van der Waals surface area contributed by atoms with Gasteiger partial charge >= 0.3 is 0 Å². The third kappa shape index (κ3) is 6.95. The van der Waals surface area contributed by atoms with Crippen molar-refractivity contribution in [1.82, 2.24) is 5.32 Å². The zero-order chi connectivity index (χ0) is 32.3. The highest BCUT2D eigenvalue weighted by molar-refractivity contribution is 7.23. The van der Waals surface area contributed by atoms with Crippen LogP contribution >= 0.6 is 22.7 Å². The first kappa shape index (κ1) is 31.5. The highest BCUT2D eigenvalue weighted by Gasteiger charge is 2.44. The first-order valence-electron chi connectivity index (χ1n) is 16.8. The maximum absolute atomic E-state index is 14.4. The molecule has 3 aliphatic carbocycles. The molecular weight excluding hydrogens is 619 g/mol. The van der Waals surface area contributed by atoms with Gasteiger partial charge in [-0.3, -0.25) is 9.79 Å². The van der Waals surface area contributed by atoms with Gasteiger partial charge in [0.25, 0.3) is 0 Å². The molecule has 0 saturated heterocycles. The molecule has 240 valence electrons. The van der Waals surface area contributed by atoms with Crippen LogP contribution in [0.1, 0.15) is 65.6 Å². The molecule has 0 bridgehead atoms. The second kappa shape index (κ2) is 13.9. The molecule has 4 aromatic rings. The summed E-state index contributed by atoms with van der Waals surface area (Å²) in [4.78, 5) is 23.4. The Kier molecular flexibility index (Phi) is 9.33. The molecule has 7 rings (SSSR count). The number of hydrogen-bond acceptors (Lipinski definition) is 5. The molecular formula is C40H41N3O2S2. The lowest BCUT2D eigenvalue weighted by Gasteiger charge is -2.44. The molecule has 5 nitrogen and oxygen atoms in total. The Bertz CT molecular complexity index is 1970. The minimum atomic E-state index is -0.108. The van der Waals surface area contributed by atoms with Gasteiger partial charge in [0.2, 0.25) is 0 Å². The SMILES string of the molecule is CC#Cc1ccc(-c2ccc(C(=O)[C@@H]3CC[C@@H]([C@H](Cc4cccc(O)c4)NC(N)=NC4CCCC4)[C@@H]4C=c5ccccc5=C[C@H]43)s2)s1. The summed E-state index contributed by atoms with van der Waals surface area (Å²) in [5.74, 6) is 7.45. The summed E-state index contributed by atoms with van der Waals surface area (Å²) in [7, 11) is 0. The number of guanidine groups is 1. The first-order valence-corrected chi connectivity index (χ1v) is 18.4. The lowest BCUT2D eigenvalue weighted by Crippen LogP contribution is -2.52. The zero-order valence-electron chi connectivity index (χ0n) is 26.7. The highest BCUT2D eigenvalue weighted by Crippen LogP contribution is 2.46. The topological polar surface area (TPSA) is 87.7 Å². The molecule has 4 N–H and O–H groups in total. The number of Topliss-reactive ketones (excluding diaryl/α,β-unsaturated/α-hetero) is 1. The van der Waals surface area contributed by atoms with E-state index < -0.39 is 0 Å². The molecule has 7 heteroatoms. The zero-order valence-corrected chi connectivity index (χ0v) is 28.3. The van der Waals surface area contributed by atoms with Gasteiger partial charge in [-0.05, 0) is 109 Å². The van der Waals surface area contributed by atoms with Crippen molar-refractivity contribution in [2.75, 3.05) is 0 Å². The number of rotatable bonds is 8. The molecule has 2 aromatic carbocycles. The van der Waals surface area contributed by atoms with Crippen LogP contribution in [0.4, 0.5) is 0 Å². The summed E-state index contributed by atoms with van der Waals surface area (Å²) in [5.41, 5.74) is 7.68. The van der Waals surface area contributed by atoms with Crippen molar-refractivity contribution < 1.29 is 9.90 Å². The van der Waals surface area contributed by atoms with E-state index >= 15 is 0 Å². The van der Waals surface area contributed by atoms with E-state index in [2.05, 4.69) is 77.8 Å². The summed E-state index contributed by atoms with van der Waals surface area (Å²) >= 11 is 3.27. The molecule has 0 radical (unpaired) electrons. The average molecular weight is 660 g/mol. The molecule has 2 heterocycles. The number of aromatic hydroxyl groups is 1. The number of carbonyl (C=O) groups is 1. The molecule has 0 spiro atoms. The van der Waals surface area contributed by atoms with E-state index in [4.69, 9.17) is 10.7 Å². The van der Waals surface area contributed by atoms with E-state index in [1.54, 1.807) is 28.7 Å². The molecule has 2 fully saturated rings. The number of aliphatic imine (C=N–C) groups is 1. The third-order valence-corrected chi connectivity index (χ3v) is 12.4. The summed E-state index contributed by atoms with van der Waals surface area (Å²) in [6.07, 6.45) is 11.7. The number of thiophene rings is 2. The van der Waals surface area contributed by atoms with Gasteiger partial charge in [0, 0.05) is 21.7 Å². The molecule has 47 heavy (non-hydrogen) atoms. The Morgan fingerprint density at radius 1 is 0.936 bits per heavy atom. The average Bonchev–Trinajstić information content (AvgIpc) is 3.86. The van der Waals surface area contributed by atoms with E-state index in [0.717, 1.165) is 50.8 Å². The minimum absolute atomic E-state index is 0.00648. The molecule has 2 saturated carbocycles. The van der Waals surface area contributed by atoms with E-state index in [-0.39, 0.29) is 47.3 Å². The van der Waals surface area contributed by atoms with Crippen molar-refractivity contribution in [3.63, 3.8) is 0 Å². The molecule has 0 amide bonds. The van der Waals surface area contributed by atoms with Crippen LogP contribution in [-0.4, -0.2) is 28.9 Å². The number of ketones is 1. The van der Waals surface area contributed by atoms with Crippen LogP contribution in [0.15, 0.2) is 77.8 Å². The Hall–Kier alpha value is -4.12. The third-order valence-electron chi connectivity index (χ3n) is 10.1. The predicted octanol–water partition coefficient (Wildman–Crippen LogP) is 6.73. The standard InChI is InChI=1S/C40H41N3O2S2/c1-2-8-30-15-18-36(46-30)37-19-20-38(47-37)39(45)32-17-16-31(33-23-26-10-3-4-11-27(26)24-34(32)33)35(22-25-9-7-14-29(44)21-25)43-40(41)42-28-12-5-6-13-28/h3-4,7,9-11,14-15,18-21,23-24,28,31-35,44H,5-6,12-13,16-17,22H2,1H3,(H3,41,42,43)/t31-,32-,33+,34+,35+/m1/s1. The monoisotopic (exact) mass is 659 g/mol. The molecule has 3 aliphatic rings. The van der Waals surface area contributed by atoms with Crippen molar-refractivity contribution >= 4 is 46.6 Å². The van der Waals surface area contributed by atoms with Gasteiger partial charge in [0.05, 0.1) is 15.8 Å². The summed E-state index contributed by atoms with van der Waals surface area (Å²) in [6, 6.07) is 24.6. The van der Waals surface area contributed by atoms with E-state index in [0.29, 0.717) is 12.4 Å². The maximum atomic E-state index is 14.4. The van der Waals surface area contributed by atoms with Crippen LogP contribution in [0, 0.1) is 35.5 Å². The van der Waals surface area contributed by atoms with Crippen molar-refractivity contribution in [3.05, 3.63) is 98.6 Å². The second-order valence-corrected chi connectivity index (χ2v) is 15.3. The highest BCUT2D eigenvalue weighted by atomic mass is 32.1. The Balaban J connectivity index is 1.21. The van der Waals surface area contributed by atoms with Crippen LogP contribution in [0.2, 0.25) is 0 Å². The Morgan fingerprint density at radius 3 is 2.45 bits per heavy atom. The summed E-state index contributed by atoms with van der Waals surface area (Å²) in [5, 5.41) is 16.4. The van der Waals surface area contributed by atoms with Crippen molar-refractivity contribution in [2.24, 2.45) is 34.4 Å². The maximum Gasteiger partial charge on any atom is 0.189 e. The van der Waals surface area contributed by atoms with Crippen molar-refractivity contribution in [2.45, 2.75) is 64.0 Å². The number of nitrogens with one attached hydrogen (secondary N) is 1. The lowest BCUT2D eigenvalue weighted by molar-refractivity contribution is 0.0768. The quantitative estimate of drug-likeness (QED) is 0.0848. The van der Waals surface area contributed by atoms with Crippen molar-refractivity contribution in [1.29, 1.82) is 0 Å². The van der Waals surface area contributed by atoms with Crippen LogP contribution in [0.5, 0.6) is 5.75 Å². The van der Waals surface area contributed by atoms with Crippen LogP contribution < -0.4 is 21.5 Å². The first-order chi connectivity index (χ1) is 22.9. The number of phenolic OH excluding ortho intramolecular Hbond substituents is 1. The van der Waals surface area contributed by atoms with Gasteiger partial charge < -0.3 is 16.2 Å². The van der Waals surface area contributed by atoms with Gasteiger partial charge in [-0.1, -0.05) is 67.3 Å². The summed E-state index contributed by atoms with van der Waals surface area (Å²) in [6.45, 7) is 1.85. The fourth-order valence-electron chi connectivity index (χ4n) is 7.93. The number of hydrogen-bond donors (Lipinski definition) is 3. The fraction of sp³-hybridized carbons (Fsp3) is 0.350. The number of nitrogens with zero attached hydrogens (tertiary/aromatic N) is 1. The molecule has 2 aromatic heterocycles. The number of nitrogens with two attached hydrogens (primary N) is 1. The number of phenols is 1. The van der Waals surface area contributed by atoms with Crippen LogP contribution in [0.25, 0.3) is 21.9 Å². The smallest absolute Gasteiger partial charge is 0.189 e. The van der Waals surface area contributed by atoms with E-state index in [9.17, 15) is 9.90 Å². The summed E-state index contributed by atoms with van der Waals surface area (Å²) < 4.78 is 0. The van der Waals surface area contributed by atoms with E-state index in [1.165, 1.54) is 23.3 Å². The van der Waals surface area contributed by atoms with Crippen LogP contribution in [0.3, 0.4) is 0 Å². The largest absolute Gasteiger partial charge is 0.508 e. The minimum Gasteiger partial charge on any atom is -0.508 e. The second-order valence-electron chi connectivity index (χ2n) is 13.1. The Labute approximate surface area is 285 Å². The number of carbonyl (C=O) groups excluding carboxylic acids is 1. The number of fused-ring (bicyclic) bond motifs is 2. The van der Waals surface area contributed by atoms with Gasteiger partial charge in [0.15, 0.2) is 11.7 Å². The molecule has 0 unspecified atom stereocenters. The van der Waals surface area contributed by atoms with Gasteiger partial charge in [-0.15, -0.1) is 28.6 Å². The Morgan fingerprint density at radius 2 is 1.68 bits per heavy atom. The van der Waals surface area contributed by atoms with Gasteiger partial charge in [-0.2, -0.15) is 0 Å². The van der Waals surface area contributed by atoms with Gasteiger partial charge in [0.1, 0.15) is 5.75 Å². The fourth-order valence-corrected chi connectivity index (χ4v) is 9.94. The van der Waals surface area contributed by atoms with Crippen LogP contribution in [-0.2, 0) is 6.42 Å². The predicted molar refractivity (Wildman–Crippen MR) is 195 cm³/mol.